The predicted molar refractivity (Wildman–Crippen MR) is 98.0 cm³/mol. The van der Waals surface area contributed by atoms with Crippen LogP contribution in [0.4, 0.5) is 4.39 Å². The molecule has 124 valence electrons. The van der Waals surface area contributed by atoms with Crippen molar-refractivity contribution in [2.75, 3.05) is 36.1 Å². The van der Waals surface area contributed by atoms with Gasteiger partial charge in [-0.3, -0.25) is 4.90 Å². The Balaban J connectivity index is 1.41. The molecule has 2 aliphatic heterocycles. The molecule has 3 heterocycles. The molecule has 1 N–H and O–H groups in total. The Morgan fingerprint density at radius 1 is 1.13 bits per heavy atom. The Hall–Kier alpha value is -0.720. The van der Waals surface area contributed by atoms with Gasteiger partial charge in [0, 0.05) is 35.0 Å². The van der Waals surface area contributed by atoms with Crippen molar-refractivity contribution in [1.82, 2.24) is 14.9 Å². The summed E-state index contributed by atoms with van der Waals surface area (Å²) in [5.74, 6) is 6.47. The van der Waals surface area contributed by atoms with Gasteiger partial charge in [0.2, 0.25) is 0 Å². The van der Waals surface area contributed by atoms with Crippen LogP contribution >= 0.6 is 23.5 Å². The molecule has 0 amide bonds. The second-order valence-corrected chi connectivity index (χ2v) is 8.70. The van der Waals surface area contributed by atoms with E-state index < -0.39 is 0 Å². The maximum absolute atomic E-state index is 13.3. The summed E-state index contributed by atoms with van der Waals surface area (Å²) in [5, 5.41) is 0. The van der Waals surface area contributed by atoms with E-state index in [1.165, 1.54) is 29.1 Å². The number of hydrogen-bond donors (Lipinski definition) is 1. The Morgan fingerprint density at radius 2 is 1.87 bits per heavy atom. The Bertz CT molecular complexity index is 659. The molecule has 0 radical (unpaired) electrons. The van der Waals surface area contributed by atoms with E-state index in [1.54, 1.807) is 12.1 Å². The first-order valence-corrected chi connectivity index (χ1v) is 10.7. The normalized spacial score (nSPS) is 22.5. The lowest BCUT2D eigenvalue weighted by Crippen LogP contribution is -2.43. The van der Waals surface area contributed by atoms with E-state index in [0.717, 1.165) is 48.8 Å². The number of aromatic amines is 1. The number of rotatable bonds is 2. The first kappa shape index (κ1) is 15.8. The topological polar surface area (TPSA) is 31.9 Å². The number of benzene rings is 1. The molecular weight excluding hydrogens is 329 g/mol. The number of imidazole rings is 1. The fourth-order valence-electron chi connectivity index (χ4n) is 3.55. The van der Waals surface area contributed by atoms with Gasteiger partial charge >= 0.3 is 0 Å². The summed E-state index contributed by atoms with van der Waals surface area (Å²) in [6.07, 6.45) is 2.29. The van der Waals surface area contributed by atoms with Gasteiger partial charge in [0.25, 0.3) is 0 Å². The fraction of sp³-hybridized carbons (Fsp3) is 0.588. The van der Waals surface area contributed by atoms with Crippen LogP contribution in [0.1, 0.15) is 24.6 Å². The van der Waals surface area contributed by atoms with Crippen LogP contribution in [0.15, 0.2) is 18.2 Å². The summed E-state index contributed by atoms with van der Waals surface area (Å²) in [5.41, 5.74) is 1.69. The summed E-state index contributed by atoms with van der Waals surface area (Å²) < 4.78 is 13.3. The van der Waals surface area contributed by atoms with Gasteiger partial charge < -0.3 is 4.98 Å². The Labute approximate surface area is 144 Å². The second kappa shape index (κ2) is 7.03. The molecule has 6 heteroatoms. The van der Waals surface area contributed by atoms with Gasteiger partial charge in [-0.1, -0.05) is 0 Å². The van der Waals surface area contributed by atoms with E-state index in [4.69, 9.17) is 0 Å². The van der Waals surface area contributed by atoms with Crippen molar-refractivity contribution in [2.24, 2.45) is 0 Å². The molecule has 1 aromatic carbocycles. The van der Waals surface area contributed by atoms with Crippen molar-refractivity contribution >= 4 is 34.6 Å². The third-order valence-electron chi connectivity index (χ3n) is 4.89. The van der Waals surface area contributed by atoms with Crippen LogP contribution in [0.2, 0.25) is 0 Å². The highest BCUT2D eigenvalue weighted by Gasteiger charge is 2.28. The number of nitrogens with zero attached hydrogens (tertiary/aromatic N) is 2. The summed E-state index contributed by atoms with van der Waals surface area (Å²) >= 11 is 4.20. The quantitative estimate of drug-likeness (QED) is 0.893. The lowest BCUT2D eigenvalue weighted by atomic mass is 9.95. The first-order valence-electron chi connectivity index (χ1n) is 8.34. The van der Waals surface area contributed by atoms with Gasteiger partial charge in [-0.05, 0) is 44.1 Å². The van der Waals surface area contributed by atoms with Crippen LogP contribution in [0.3, 0.4) is 0 Å². The summed E-state index contributed by atoms with van der Waals surface area (Å²) in [7, 11) is 0. The standard InChI is InChI=1S/C17H22FN3S2/c18-13-1-2-15-16(9-13)20-17(19-15)12-3-5-21(6-4-12)14-10-22-7-8-23-11-14/h1-2,9,12,14H,3-8,10-11H2,(H,19,20). The molecule has 2 saturated heterocycles. The van der Waals surface area contributed by atoms with Gasteiger partial charge in [0.05, 0.1) is 11.0 Å². The van der Waals surface area contributed by atoms with Crippen molar-refractivity contribution in [3.8, 4) is 0 Å². The SMILES string of the molecule is Fc1ccc2nc(C3CCN(C4CSCCSC4)CC3)[nH]c2c1. The lowest BCUT2D eigenvalue weighted by molar-refractivity contribution is 0.175. The number of piperidine rings is 1. The van der Waals surface area contributed by atoms with Crippen molar-refractivity contribution < 1.29 is 4.39 Å². The summed E-state index contributed by atoms with van der Waals surface area (Å²) in [6.45, 7) is 2.31. The third kappa shape index (κ3) is 3.54. The van der Waals surface area contributed by atoms with Crippen LogP contribution < -0.4 is 0 Å². The molecule has 0 unspecified atom stereocenters. The van der Waals surface area contributed by atoms with E-state index in [-0.39, 0.29) is 5.82 Å². The minimum absolute atomic E-state index is 0.203. The van der Waals surface area contributed by atoms with Gasteiger partial charge in [-0.2, -0.15) is 23.5 Å². The number of aromatic nitrogens is 2. The molecule has 0 aliphatic carbocycles. The largest absolute Gasteiger partial charge is 0.342 e. The van der Waals surface area contributed by atoms with Crippen molar-refractivity contribution in [1.29, 1.82) is 0 Å². The number of H-pyrrole nitrogens is 1. The van der Waals surface area contributed by atoms with Crippen LogP contribution in [-0.2, 0) is 0 Å². The highest BCUT2D eigenvalue weighted by atomic mass is 32.2. The molecule has 0 saturated carbocycles. The molecule has 1 aromatic heterocycles. The molecule has 2 aromatic rings. The van der Waals surface area contributed by atoms with Gasteiger partial charge in [0.1, 0.15) is 11.6 Å². The molecule has 3 nitrogen and oxygen atoms in total. The molecule has 0 atom stereocenters. The van der Waals surface area contributed by atoms with Crippen molar-refractivity contribution in [2.45, 2.75) is 24.8 Å². The van der Waals surface area contributed by atoms with Crippen molar-refractivity contribution in [3.63, 3.8) is 0 Å². The average Bonchev–Trinajstić information content (AvgIpc) is 2.80. The van der Waals surface area contributed by atoms with Crippen LogP contribution in [0.5, 0.6) is 0 Å². The minimum Gasteiger partial charge on any atom is -0.342 e. The zero-order valence-corrected chi connectivity index (χ0v) is 14.8. The smallest absolute Gasteiger partial charge is 0.125 e. The monoisotopic (exact) mass is 351 g/mol. The Kier molecular flexibility index (Phi) is 4.83. The minimum atomic E-state index is -0.203. The zero-order chi connectivity index (χ0) is 15.6. The highest BCUT2D eigenvalue weighted by molar-refractivity contribution is 8.03. The number of nitrogens with one attached hydrogen (secondary N) is 1. The lowest BCUT2D eigenvalue weighted by Gasteiger charge is -2.36. The Morgan fingerprint density at radius 3 is 2.61 bits per heavy atom. The van der Waals surface area contributed by atoms with E-state index in [1.807, 2.05) is 0 Å². The zero-order valence-electron chi connectivity index (χ0n) is 13.1. The first-order chi connectivity index (χ1) is 11.3. The summed E-state index contributed by atoms with van der Waals surface area (Å²) in [6, 6.07) is 5.52. The second-order valence-electron chi connectivity index (χ2n) is 6.40. The number of likely N-dealkylation sites (tertiary alicyclic amines) is 1. The van der Waals surface area contributed by atoms with Crippen LogP contribution in [-0.4, -0.2) is 57.0 Å². The molecular formula is C17H22FN3S2. The number of halogens is 1. The molecule has 4 rings (SSSR count). The molecule has 0 spiro atoms. The van der Waals surface area contributed by atoms with Gasteiger partial charge in [0.15, 0.2) is 0 Å². The third-order valence-corrected chi connectivity index (χ3v) is 7.37. The predicted octanol–water partition coefficient (Wildman–Crippen LogP) is 3.73. The average molecular weight is 352 g/mol. The van der Waals surface area contributed by atoms with Gasteiger partial charge in [-0.15, -0.1) is 0 Å². The summed E-state index contributed by atoms with van der Waals surface area (Å²) in [4.78, 5) is 10.7. The number of thioether (sulfide) groups is 2. The van der Waals surface area contributed by atoms with E-state index in [2.05, 4.69) is 38.4 Å². The molecule has 2 fully saturated rings. The molecule has 0 bridgehead atoms. The number of fused-ring (bicyclic) bond motifs is 1. The van der Waals surface area contributed by atoms with E-state index in [9.17, 15) is 4.39 Å². The van der Waals surface area contributed by atoms with Crippen LogP contribution in [0, 0.1) is 5.82 Å². The maximum Gasteiger partial charge on any atom is 0.125 e. The van der Waals surface area contributed by atoms with Gasteiger partial charge in [-0.25, -0.2) is 9.37 Å². The number of hydrogen-bond acceptors (Lipinski definition) is 4. The van der Waals surface area contributed by atoms with E-state index in [0.29, 0.717) is 5.92 Å². The highest BCUT2D eigenvalue weighted by Crippen LogP contribution is 2.30. The van der Waals surface area contributed by atoms with Crippen molar-refractivity contribution in [3.05, 3.63) is 29.8 Å². The van der Waals surface area contributed by atoms with Crippen LogP contribution in [0.25, 0.3) is 11.0 Å². The molecule has 23 heavy (non-hydrogen) atoms. The molecule has 2 aliphatic rings. The maximum atomic E-state index is 13.3. The van der Waals surface area contributed by atoms with E-state index >= 15 is 0 Å². The fourth-order valence-corrected chi connectivity index (χ4v) is 6.18.